The predicted octanol–water partition coefficient (Wildman–Crippen LogP) is 10.2. The first kappa shape index (κ1) is 27.3. The van der Waals surface area contributed by atoms with Crippen LogP contribution in [0.1, 0.15) is 125 Å². The first-order valence-corrected chi connectivity index (χ1v) is 15.0. The Labute approximate surface area is 208 Å². The SMILES string of the molecule is CCC1=C(C)C2CC(CCCC(C)CCCC(C)CCCC(C)CI)CCC2=C(C)O1. The maximum Gasteiger partial charge on any atom is 0.103 e. The van der Waals surface area contributed by atoms with Gasteiger partial charge in [0.1, 0.15) is 11.5 Å². The normalized spacial score (nSPS) is 24.6. The molecule has 0 saturated heterocycles. The number of fused-ring (bicyclic) bond motifs is 1. The van der Waals surface area contributed by atoms with E-state index in [2.05, 4.69) is 64.1 Å². The van der Waals surface area contributed by atoms with Gasteiger partial charge in [-0.25, -0.2) is 0 Å². The van der Waals surface area contributed by atoms with Crippen LogP contribution in [0.5, 0.6) is 0 Å². The predicted molar refractivity (Wildman–Crippen MR) is 146 cm³/mol. The van der Waals surface area contributed by atoms with Gasteiger partial charge in [-0.05, 0) is 74.3 Å². The van der Waals surface area contributed by atoms with Crippen molar-refractivity contribution in [3.05, 3.63) is 22.7 Å². The maximum absolute atomic E-state index is 6.12. The average molecular weight is 543 g/mol. The molecule has 0 radical (unpaired) electrons. The number of hydrogen-bond acceptors (Lipinski definition) is 1. The molecular weight excluding hydrogens is 491 g/mol. The highest BCUT2D eigenvalue weighted by molar-refractivity contribution is 14.1. The molecule has 2 rings (SSSR count). The molecule has 0 N–H and O–H groups in total. The van der Waals surface area contributed by atoms with Gasteiger partial charge in [-0.2, -0.15) is 0 Å². The van der Waals surface area contributed by atoms with Crippen LogP contribution in [0.4, 0.5) is 0 Å². The highest BCUT2D eigenvalue weighted by Gasteiger charge is 2.33. The fraction of sp³-hybridized carbons (Fsp3) is 0.862. The van der Waals surface area contributed by atoms with E-state index in [4.69, 9.17) is 4.74 Å². The molecule has 1 fully saturated rings. The molecule has 1 nitrogen and oxygen atoms in total. The van der Waals surface area contributed by atoms with Crippen molar-refractivity contribution in [2.75, 3.05) is 4.43 Å². The smallest absolute Gasteiger partial charge is 0.103 e. The minimum absolute atomic E-state index is 0.682. The quantitative estimate of drug-likeness (QED) is 0.157. The van der Waals surface area contributed by atoms with Gasteiger partial charge in [-0.3, -0.25) is 0 Å². The number of halogens is 1. The van der Waals surface area contributed by atoms with Crippen LogP contribution in [-0.2, 0) is 4.74 Å². The molecule has 2 heteroatoms. The standard InChI is InChI=1S/C29H51IO/c1-7-29-24(5)28-19-26(17-18-27(28)25(6)31-29)16-10-14-22(3)12-8-11-21(2)13-9-15-23(4)20-30/h21-23,26,28H,7-20H2,1-6H3. The number of rotatable bonds is 14. The molecule has 1 aliphatic carbocycles. The topological polar surface area (TPSA) is 9.23 Å². The fourth-order valence-electron chi connectivity index (χ4n) is 5.88. The second kappa shape index (κ2) is 14.3. The zero-order valence-corrected chi connectivity index (χ0v) is 23.7. The van der Waals surface area contributed by atoms with Crippen LogP contribution in [0.15, 0.2) is 22.7 Å². The molecule has 0 aromatic heterocycles. The average Bonchev–Trinajstić information content (AvgIpc) is 2.76. The molecule has 1 saturated carbocycles. The minimum Gasteiger partial charge on any atom is -0.466 e. The molecule has 5 unspecified atom stereocenters. The summed E-state index contributed by atoms with van der Waals surface area (Å²) in [6.07, 6.45) is 17.9. The van der Waals surface area contributed by atoms with Gasteiger partial charge >= 0.3 is 0 Å². The zero-order chi connectivity index (χ0) is 22.8. The van der Waals surface area contributed by atoms with Crippen molar-refractivity contribution in [2.24, 2.45) is 29.6 Å². The van der Waals surface area contributed by atoms with Gasteiger partial charge in [-0.15, -0.1) is 0 Å². The third kappa shape index (κ3) is 9.05. The Morgan fingerprint density at radius 1 is 0.903 bits per heavy atom. The van der Waals surface area contributed by atoms with Crippen molar-refractivity contribution < 1.29 is 4.74 Å². The van der Waals surface area contributed by atoms with Crippen molar-refractivity contribution in [3.63, 3.8) is 0 Å². The first-order chi connectivity index (χ1) is 14.8. The Morgan fingerprint density at radius 3 is 2.06 bits per heavy atom. The minimum atomic E-state index is 0.682. The maximum atomic E-state index is 6.12. The van der Waals surface area contributed by atoms with E-state index in [-0.39, 0.29) is 0 Å². The molecule has 0 bridgehead atoms. The van der Waals surface area contributed by atoms with E-state index in [0.717, 1.165) is 30.1 Å². The Balaban J connectivity index is 1.61. The van der Waals surface area contributed by atoms with Gasteiger partial charge in [0, 0.05) is 16.8 Å². The van der Waals surface area contributed by atoms with E-state index in [1.54, 1.807) is 5.57 Å². The molecule has 180 valence electrons. The van der Waals surface area contributed by atoms with Crippen molar-refractivity contribution in [1.82, 2.24) is 0 Å². The molecule has 31 heavy (non-hydrogen) atoms. The number of ether oxygens (including phenoxy) is 1. The van der Waals surface area contributed by atoms with Crippen molar-refractivity contribution >= 4 is 22.6 Å². The molecule has 0 aromatic carbocycles. The van der Waals surface area contributed by atoms with Crippen molar-refractivity contribution in [3.8, 4) is 0 Å². The second-order valence-electron chi connectivity index (χ2n) is 11.1. The highest BCUT2D eigenvalue weighted by Crippen LogP contribution is 2.45. The Kier molecular flexibility index (Phi) is 12.6. The van der Waals surface area contributed by atoms with E-state index in [1.807, 2.05) is 0 Å². The first-order valence-electron chi connectivity index (χ1n) is 13.5. The summed E-state index contributed by atoms with van der Waals surface area (Å²) in [5, 5.41) is 0. The molecule has 0 amide bonds. The van der Waals surface area contributed by atoms with Gasteiger partial charge in [0.05, 0.1) is 0 Å². The van der Waals surface area contributed by atoms with E-state index >= 15 is 0 Å². The molecule has 2 aliphatic rings. The largest absolute Gasteiger partial charge is 0.466 e. The van der Waals surface area contributed by atoms with Crippen LogP contribution in [0.2, 0.25) is 0 Å². The lowest BCUT2D eigenvalue weighted by Crippen LogP contribution is -2.24. The van der Waals surface area contributed by atoms with Gasteiger partial charge < -0.3 is 4.74 Å². The van der Waals surface area contributed by atoms with E-state index in [9.17, 15) is 0 Å². The Hall–Kier alpha value is 0.01000. The zero-order valence-electron chi connectivity index (χ0n) is 21.6. The molecule has 1 aliphatic heterocycles. The third-order valence-corrected chi connectivity index (χ3v) is 9.69. The van der Waals surface area contributed by atoms with Crippen LogP contribution in [0, 0.1) is 29.6 Å². The molecule has 0 spiro atoms. The van der Waals surface area contributed by atoms with Crippen molar-refractivity contribution in [2.45, 2.75) is 125 Å². The van der Waals surface area contributed by atoms with Gasteiger partial charge in [0.25, 0.3) is 0 Å². The van der Waals surface area contributed by atoms with Crippen LogP contribution in [0.3, 0.4) is 0 Å². The summed E-state index contributed by atoms with van der Waals surface area (Å²) in [7, 11) is 0. The lowest BCUT2D eigenvalue weighted by molar-refractivity contribution is 0.230. The third-order valence-electron chi connectivity index (χ3n) is 8.18. The molecule has 1 heterocycles. The van der Waals surface area contributed by atoms with Gasteiger partial charge in [0.15, 0.2) is 0 Å². The van der Waals surface area contributed by atoms with Crippen LogP contribution < -0.4 is 0 Å². The summed E-state index contributed by atoms with van der Waals surface area (Å²) < 4.78 is 7.43. The van der Waals surface area contributed by atoms with Crippen LogP contribution >= 0.6 is 22.6 Å². The van der Waals surface area contributed by atoms with E-state index in [0.29, 0.717) is 5.92 Å². The Bertz CT molecular complexity index is 590. The molecule has 5 atom stereocenters. The van der Waals surface area contributed by atoms with Gasteiger partial charge in [-0.1, -0.05) is 102 Å². The van der Waals surface area contributed by atoms with Crippen LogP contribution in [-0.4, -0.2) is 4.43 Å². The fourth-order valence-corrected chi connectivity index (χ4v) is 6.32. The number of allylic oxidation sites excluding steroid dienone is 4. The lowest BCUT2D eigenvalue weighted by Gasteiger charge is -2.37. The van der Waals surface area contributed by atoms with E-state index < -0.39 is 0 Å². The van der Waals surface area contributed by atoms with Gasteiger partial charge in [0.2, 0.25) is 0 Å². The summed E-state index contributed by atoms with van der Waals surface area (Å²) in [6.45, 7) is 14.1. The summed E-state index contributed by atoms with van der Waals surface area (Å²) >= 11 is 2.53. The summed E-state index contributed by atoms with van der Waals surface area (Å²) in [5.74, 6) is 6.80. The molecule has 0 aromatic rings. The second-order valence-corrected chi connectivity index (χ2v) is 12.0. The summed E-state index contributed by atoms with van der Waals surface area (Å²) in [5.41, 5.74) is 3.14. The van der Waals surface area contributed by atoms with Crippen LogP contribution in [0.25, 0.3) is 0 Å². The Morgan fingerprint density at radius 2 is 1.48 bits per heavy atom. The summed E-state index contributed by atoms with van der Waals surface area (Å²) in [6, 6.07) is 0. The number of alkyl halides is 1. The highest BCUT2D eigenvalue weighted by atomic mass is 127. The van der Waals surface area contributed by atoms with E-state index in [1.165, 1.54) is 98.6 Å². The van der Waals surface area contributed by atoms with Crippen molar-refractivity contribution in [1.29, 1.82) is 0 Å². The lowest BCUT2D eigenvalue weighted by atomic mass is 9.71. The monoisotopic (exact) mass is 542 g/mol. The number of hydrogen-bond donors (Lipinski definition) is 0. The molecular formula is C29H51IO. The summed E-state index contributed by atoms with van der Waals surface area (Å²) in [4.78, 5) is 0.